The highest BCUT2D eigenvalue weighted by Crippen LogP contribution is 2.25. The van der Waals surface area contributed by atoms with E-state index >= 15 is 0 Å². The minimum absolute atomic E-state index is 0.363. The molecule has 0 amide bonds. The fraction of sp³-hybridized carbons (Fsp3) is 0.333. The molecule has 1 aromatic rings. The van der Waals surface area contributed by atoms with Gasteiger partial charge in [-0.2, -0.15) is 0 Å². The summed E-state index contributed by atoms with van der Waals surface area (Å²) < 4.78 is 56.9. The van der Waals surface area contributed by atoms with Gasteiger partial charge in [0.1, 0.15) is 5.82 Å². The Kier molecular flexibility index (Phi) is 4.33. The van der Waals surface area contributed by atoms with Crippen molar-refractivity contribution in [2.45, 2.75) is 12.2 Å². The molecule has 1 rings (SSSR count). The number of carbonyl (C=O) groups is 1. The summed E-state index contributed by atoms with van der Waals surface area (Å²) in [6.07, 6.45) is -5.05. The van der Waals surface area contributed by atoms with Gasteiger partial charge in [-0.1, -0.05) is 0 Å². The number of ether oxygens (including phenoxy) is 2. The van der Waals surface area contributed by atoms with Crippen LogP contribution in [0.25, 0.3) is 0 Å². The first-order chi connectivity index (χ1) is 8.28. The average molecular weight is 288 g/mol. The molecule has 0 aliphatic carbocycles. The summed E-state index contributed by atoms with van der Waals surface area (Å²) in [6, 6.07) is 0.387. The van der Waals surface area contributed by atoms with Crippen molar-refractivity contribution < 1.29 is 31.8 Å². The lowest BCUT2D eigenvalue weighted by Crippen LogP contribution is -2.20. The molecule has 9 heteroatoms. The highest BCUT2D eigenvalue weighted by Gasteiger charge is 2.33. The number of hydrogen-bond donors (Lipinski definition) is 0. The zero-order valence-corrected chi connectivity index (χ0v) is 9.60. The molecule has 1 heterocycles. The monoisotopic (exact) mass is 287 g/mol. The lowest BCUT2D eigenvalue weighted by molar-refractivity contribution is -0.276. The summed E-state index contributed by atoms with van der Waals surface area (Å²) in [5, 5.41) is 0. The van der Waals surface area contributed by atoms with Crippen LogP contribution in [0.1, 0.15) is 16.1 Å². The number of methoxy groups -OCH3 is 1. The molecule has 1 aromatic heterocycles. The maximum Gasteiger partial charge on any atom is 0.574 e. The van der Waals surface area contributed by atoms with E-state index in [9.17, 15) is 22.4 Å². The Morgan fingerprint density at radius 1 is 1.50 bits per heavy atom. The number of rotatable bonds is 3. The molecule has 0 bridgehead atoms. The molecule has 0 aliphatic heterocycles. The number of halogens is 5. The minimum Gasteiger partial charge on any atom is -0.464 e. The Bertz CT molecular complexity index is 464. The van der Waals surface area contributed by atoms with E-state index in [1.54, 1.807) is 0 Å². The maximum atomic E-state index is 13.4. The van der Waals surface area contributed by atoms with Crippen molar-refractivity contribution in [3.63, 3.8) is 0 Å². The molecule has 0 saturated heterocycles. The van der Waals surface area contributed by atoms with Gasteiger partial charge in [-0.15, -0.1) is 24.8 Å². The smallest absolute Gasteiger partial charge is 0.464 e. The molecule has 0 aliphatic rings. The van der Waals surface area contributed by atoms with Crippen molar-refractivity contribution in [3.8, 4) is 5.88 Å². The van der Waals surface area contributed by atoms with Crippen LogP contribution in [-0.2, 0) is 10.6 Å². The van der Waals surface area contributed by atoms with Crippen LogP contribution in [0, 0.1) is 5.82 Å². The summed E-state index contributed by atoms with van der Waals surface area (Å²) in [7, 11) is 0.969. The van der Waals surface area contributed by atoms with E-state index in [-0.39, 0.29) is 5.56 Å². The van der Waals surface area contributed by atoms with Crippen molar-refractivity contribution in [2.75, 3.05) is 7.11 Å². The molecule has 0 spiro atoms. The van der Waals surface area contributed by atoms with Crippen LogP contribution in [0.3, 0.4) is 0 Å². The normalized spacial score (nSPS) is 11.2. The van der Waals surface area contributed by atoms with Gasteiger partial charge in [-0.3, -0.25) is 0 Å². The third-order valence-electron chi connectivity index (χ3n) is 1.78. The standard InChI is InChI=1S/C9H6ClF4NO3/c1-17-8(16)7-4(3-10)5(11)2-6(15-7)18-9(12,13)14/h2H,3H2,1H3. The van der Waals surface area contributed by atoms with E-state index in [0.29, 0.717) is 6.07 Å². The van der Waals surface area contributed by atoms with E-state index < -0.39 is 35.6 Å². The van der Waals surface area contributed by atoms with Crippen LogP contribution in [0.5, 0.6) is 5.88 Å². The van der Waals surface area contributed by atoms with Crippen LogP contribution in [0.15, 0.2) is 6.07 Å². The Hall–Kier alpha value is -1.57. The first-order valence-electron chi connectivity index (χ1n) is 4.38. The number of aromatic nitrogens is 1. The number of alkyl halides is 4. The first-order valence-corrected chi connectivity index (χ1v) is 4.91. The van der Waals surface area contributed by atoms with Crippen LogP contribution >= 0.6 is 11.6 Å². The van der Waals surface area contributed by atoms with Gasteiger partial charge in [0, 0.05) is 11.6 Å². The summed E-state index contributed by atoms with van der Waals surface area (Å²) in [5.41, 5.74) is -1.02. The molecule has 0 aromatic carbocycles. The Morgan fingerprint density at radius 3 is 2.56 bits per heavy atom. The van der Waals surface area contributed by atoms with Crippen molar-refractivity contribution in [2.24, 2.45) is 0 Å². The zero-order valence-electron chi connectivity index (χ0n) is 8.85. The molecule has 100 valence electrons. The number of hydrogen-bond acceptors (Lipinski definition) is 4. The molecule has 0 fully saturated rings. The molecule has 18 heavy (non-hydrogen) atoms. The minimum atomic E-state index is -5.05. The Labute approximate surface area is 103 Å². The van der Waals surface area contributed by atoms with E-state index in [2.05, 4.69) is 14.5 Å². The number of pyridine rings is 1. The topological polar surface area (TPSA) is 48.4 Å². The molecule has 0 N–H and O–H groups in total. The fourth-order valence-corrected chi connectivity index (χ4v) is 1.34. The average Bonchev–Trinajstić information content (AvgIpc) is 2.25. The molecular formula is C9H6ClF4NO3. The van der Waals surface area contributed by atoms with Crippen molar-refractivity contribution in [1.29, 1.82) is 0 Å². The largest absolute Gasteiger partial charge is 0.574 e. The SMILES string of the molecule is COC(=O)c1nc(OC(F)(F)F)cc(F)c1CCl. The van der Waals surface area contributed by atoms with Gasteiger partial charge in [0.15, 0.2) is 5.69 Å². The molecule has 4 nitrogen and oxygen atoms in total. The van der Waals surface area contributed by atoms with Crippen molar-refractivity contribution in [1.82, 2.24) is 4.98 Å². The lowest BCUT2D eigenvalue weighted by atomic mass is 10.2. The Morgan fingerprint density at radius 2 is 2.11 bits per heavy atom. The fourth-order valence-electron chi connectivity index (χ4n) is 1.08. The third kappa shape index (κ3) is 3.46. The highest BCUT2D eigenvalue weighted by molar-refractivity contribution is 6.17. The third-order valence-corrected chi connectivity index (χ3v) is 2.05. The van der Waals surface area contributed by atoms with Gasteiger partial charge in [0.2, 0.25) is 5.88 Å². The van der Waals surface area contributed by atoms with Crippen LogP contribution < -0.4 is 4.74 Å². The highest BCUT2D eigenvalue weighted by atomic mass is 35.5. The van der Waals surface area contributed by atoms with Crippen LogP contribution in [0.4, 0.5) is 17.6 Å². The zero-order chi connectivity index (χ0) is 13.9. The molecule has 0 saturated carbocycles. The van der Waals surface area contributed by atoms with Gasteiger partial charge >= 0.3 is 12.3 Å². The van der Waals surface area contributed by atoms with E-state index in [4.69, 9.17) is 11.6 Å². The predicted octanol–water partition coefficient (Wildman–Crippen LogP) is 2.64. The quantitative estimate of drug-likeness (QED) is 0.487. The van der Waals surface area contributed by atoms with Gasteiger partial charge in [0.05, 0.1) is 13.0 Å². The van der Waals surface area contributed by atoms with Gasteiger partial charge in [-0.05, 0) is 0 Å². The number of nitrogens with zero attached hydrogens (tertiary/aromatic N) is 1. The second-order valence-electron chi connectivity index (χ2n) is 2.94. The van der Waals surface area contributed by atoms with Gasteiger partial charge in [-0.25, -0.2) is 14.2 Å². The van der Waals surface area contributed by atoms with Crippen molar-refractivity contribution in [3.05, 3.63) is 23.1 Å². The van der Waals surface area contributed by atoms with E-state index in [1.165, 1.54) is 0 Å². The Balaban J connectivity index is 3.26. The predicted molar refractivity (Wildman–Crippen MR) is 51.8 cm³/mol. The summed E-state index contributed by atoms with van der Waals surface area (Å²) >= 11 is 5.37. The van der Waals surface area contributed by atoms with Crippen LogP contribution in [-0.4, -0.2) is 24.4 Å². The summed E-state index contributed by atoms with van der Waals surface area (Å²) in [5.74, 6) is -3.80. The number of esters is 1. The van der Waals surface area contributed by atoms with Crippen molar-refractivity contribution >= 4 is 17.6 Å². The van der Waals surface area contributed by atoms with Crippen LogP contribution in [0.2, 0.25) is 0 Å². The first kappa shape index (κ1) is 14.5. The van der Waals surface area contributed by atoms with Gasteiger partial charge < -0.3 is 9.47 Å². The maximum absolute atomic E-state index is 13.4. The molecular weight excluding hydrogens is 282 g/mol. The van der Waals surface area contributed by atoms with E-state index in [1.807, 2.05) is 0 Å². The number of carbonyl (C=O) groups excluding carboxylic acids is 1. The summed E-state index contributed by atoms with van der Waals surface area (Å²) in [4.78, 5) is 14.4. The summed E-state index contributed by atoms with van der Waals surface area (Å²) in [6.45, 7) is 0. The second kappa shape index (κ2) is 5.38. The molecule has 0 unspecified atom stereocenters. The lowest BCUT2D eigenvalue weighted by Gasteiger charge is -2.11. The second-order valence-corrected chi connectivity index (χ2v) is 3.21. The van der Waals surface area contributed by atoms with Gasteiger partial charge in [0.25, 0.3) is 0 Å². The van der Waals surface area contributed by atoms with E-state index in [0.717, 1.165) is 7.11 Å². The molecule has 0 radical (unpaired) electrons. The molecule has 0 atom stereocenters.